The molecule has 1 saturated carbocycles. The van der Waals surface area contributed by atoms with Gasteiger partial charge < -0.3 is 0 Å². The molecule has 0 amide bonds. The second-order valence-corrected chi connectivity index (χ2v) is 7.20. The predicted molar refractivity (Wildman–Crippen MR) is 76.7 cm³/mol. The SMILES string of the molecule is Cc1cccc(C(COS(C)(=O)=O)C2CCCC2)c1. The van der Waals surface area contributed by atoms with Crippen molar-refractivity contribution >= 4 is 10.1 Å². The van der Waals surface area contributed by atoms with E-state index in [-0.39, 0.29) is 12.5 Å². The normalized spacial score (nSPS) is 18.6. The molecule has 19 heavy (non-hydrogen) atoms. The molecule has 0 aliphatic heterocycles. The van der Waals surface area contributed by atoms with Gasteiger partial charge in [-0.15, -0.1) is 0 Å². The zero-order valence-electron chi connectivity index (χ0n) is 11.6. The molecule has 1 aliphatic rings. The Morgan fingerprint density at radius 1 is 1.32 bits per heavy atom. The van der Waals surface area contributed by atoms with Crippen molar-refractivity contribution in [3.05, 3.63) is 35.4 Å². The molecule has 0 bridgehead atoms. The quantitative estimate of drug-likeness (QED) is 0.779. The van der Waals surface area contributed by atoms with E-state index in [4.69, 9.17) is 4.18 Å². The third-order valence-corrected chi connectivity index (χ3v) is 4.47. The van der Waals surface area contributed by atoms with E-state index in [0.717, 1.165) is 6.26 Å². The highest BCUT2D eigenvalue weighted by Crippen LogP contribution is 2.37. The van der Waals surface area contributed by atoms with E-state index in [1.54, 1.807) is 0 Å². The Bertz CT molecular complexity index is 516. The molecule has 1 aromatic carbocycles. The molecule has 0 aromatic heterocycles. The third kappa shape index (κ3) is 4.32. The van der Waals surface area contributed by atoms with Crippen LogP contribution in [0.4, 0.5) is 0 Å². The van der Waals surface area contributed by atoms with Crippen molar-refractivity contribution in [1.82, 2.24) is 0 Å². The zero-order valence-corrected chi connectivity index (χ0v) is 12.4. The minimum absolute atomic E-state index is 0.192. The van der Waals surface area contributed by atoms with Gasteiger partial charge in [0.05, 0.1) is 12.9 Å². The van der Waals surface area contributed by atoms with Crippen LogP contribution in [-0.2, 0) is 14.3 Å². The minimum Gasteiger partial charge on any atom is -0.270 e. The van der Waals surface area contributed by atoms with Crippen molar-refractivity contribution < 1.29 is 12.6 Å². The Hall–Kier alpha value is -0.870. The second kappa shape index (κ2) is 6.06. The lowest BCUT2D eigenvalue weighted by Crippen LogP contribution is -2.18. The van der Waals surface area contributed by atoms with Crippen LogP contribution < -0.4 is 0 Å². The van der Waals surface area contributed by atoms with Crippen LogP contribution >= 0.6 is 0 Å². The van der Waals surface area contributed by atoms with Gasteiger partial charge in [0.1, 0.15) is 0 Å². The highest BCUT2D eigenvalue weighted by Gasteiger charge is 2.27. The lowest BCUT2D eigenvalue weighted by Gasteiger charge is -2.23. The summed E-state index contributed by atoms with van der Waals surface area (Å²) in [6.07, 6.45) is 5.95. The molecule has 3 nitrogen and oxygen atoms in total. The van der Waals surface area contributed by atoms with E-state index in [2.05, 4.69) is 25.1 Å². The van der Waals surface area contributed by atoms with Crippen LogP contribution in [0.25, 0.3) is 0 Å². The average Bonchev–Trinajstić information content (AvgIpc) is 2.81. The largest absolute Gasteiger partial charge is 0.270 e. The van der Waals surface area contributed by atoms with Crippen LogP contribution in [0.3, 0.4) is 0 Å². The molecule has 1 unspecified atom stereocenters. The van der Waals surface area contributed by atoms with Crippen molar-refractivity contribution in [3.8, 4) is 0 Å². The summed E-state index contributed by atoms with van der Waals surface area (Å²) in [6, 6.07) is 8.33. The van der Waals surface area contributed by atoms with Gasteiger partial charge in [0, 0.05) is 5.92 Å². The topological polar surface area (TPSA) is 43.4 Å². The minimum atomic E-state index is -3.37. The molecule has 106 valence electrons. The molecule has 0 spiro atoms. The molecule has 1 fully saturated rings. The summed E-state index contributed by atoms with van der Waals surface area (Å²) in [4.78, 5) is 0. The molecular formula is C15H22O3S. The van der Waals surface area contributed by atoms with Gasteiger partial charge in [-0.05, 0) is 31.2 Å². The number of hydrogen-bond donors (Lipinski definition) is 0. The highest BCUT2D eigenvalue weighted by atomic mass is 32.2. The van der Waals surface area contributed by atoms with Crippen molar-refractivity contribution in [1.29, 1.82) is 0 Å². The van der Waals surface area contributed by atoms with Gasteiger partial charge >= 0.3 is 0 Å². The molecular weight excluding hydrogens is 260 g/mol. The first-order valence-electron chi connectivity index (χ1n) is 6.87. The Balaban J connectivity index is 2.18. The van der Waals surface area contributed by atoms with E-state index < -0.39 is 10.1 Å². The van der Waals surface area contributed by atoms with E-state index in [9.17, 15) is 8.42 Å². The fourth-order valence-electron chi connectivity index (χ4n) is 2.96. The number of aryl methyl sites for hydroxylation is 1. The monoisotopic (exact) mass is 282 g/mol. The van der Waals surface area contributed by atoms with Crippen LogP contribution in [0.5, 0.6) is 0 Å². The van der Waals surface area contributed by atoms with Crippen LogP contribution in [0, 0.1) is 12.8 Å². The van der Waals surface area contributed by atoms with Crippen molar-refractivity contribution in [2.75, 3.05) is 12.9 Å². The van der Waals surface area contributed by atoms with Crippen molar-refractivity contribution in [3.63, 3.8) is 0 Å². The molecule has 2 rings (SSSR count). The lowest BCUT2D eigenvalue weighted by atomic mass is 9.85. The van der Waals surface area contributed by atoms with E-state index in [0.29, 0.717) is 5.92 Å². The smallest absolute Gasteiger partial charge is 0.264 e. The standard InChI is InChI=1S/C15H22O3S/c1-12-6-5-9-14(10-12)15(11-18-19(2,16)17)13-7-3-4-8-13/h5-6,9-10,13,15H,3-4,7-8,11H2,1-2H3. The summed E-state index contributed by atoms with van der Waals surface area (Å²) in [5.41, 5.74) is 2.41. The van der Waals surface area contributed by atoms with Gasteiger partial charge in [0.2, 0.25) is 0 Å². The molecule has 0 saturated heterocycles. The van der Waals surface area contributed by atoms with Crippen molar-refractivity contribution in [2.45, 2.75) is 38.5 Å². The third-order valence-electron chi connectivity index (χ3n) is 3.90. The van der Waals surface area contributed by atoms with E-state index in [1.807, 2.05) is 6.07 Å². The van der Waals surface area contributed by atoms with Gasteiger partial charge in [0.25, 0.3) is 10.1 Å². The Kier molecular flexibility index (Phi) is 4.63. The van der Waals surface area contributed by atoms with Gasteiger partial charge in [-0.1, -0.05) is 42.7 Å². The Morgan fingerprint density at radius 3 is 2.58 bits per heavy atom. The van der Waals surface area contributed by atoms with Crippen molar-refractivity contribution in [2.24, 2.45) is 5.92 Å². The summed E-state index contributed by atoms with van der Waals surface area (Å²) in [6.45, 7) is 2.33. The maximum atomic E-state index is 11.2. The van der Waals surface area contributed by atoms with Gasteiger partial charge in [-0.3, -0.25) is 4.18 Å². The Labute approximate surface area is 116 Å². The summed E-state index contributed by atoms with van der Waals surface area (Å²) < 4.78 is 27.5. The summed E-state index contributed by atoms with van der Waals surface area (Å²) in [5.74, 6) is 0.737. The summed E-state index contributed by atoms with van der Waals surface area (Å²) >= 11 is 0. The highest BCUT2D eigenvalue weighted by molar-refractivity contribution is 7.85. The number of rotatable bonds is 5. The first-order valence-corrected chi connectivity index (χ1v) is 8.68. The fraction of sp³-hybridized carbons (Fsp3) is 0.600. The van der Waals surface area contributed by atoms with Crippen LogP contribution in [0.2, 0.25) is 0 Å². The number of hydrogen-bond acceptors (Lipinski definition) is 3. The van der Waals surface area contributed by atoms with E-state index in [1.165, 1.54) is 36.8 Å². The molecule has 1 aromatic rings. The van der Waals surface area contributed by atoms with Crippen LogP contribution in [-0.4, -0.2) is 21.3 Å². The second-order valence-electron chi connectivity index (χ2n) is 5.55. The molecule has 0 heterocycles. The van der Waals surface area contributed by atoms with Gasteiger partial charge in [-0.25, -0.2) is 0 Å². The van der Waals surface area contributed by atoms with Crippen LogP contribution in [0.15, 0.2) is 24.3 Å². The zero-order chi connectivity index (χ0) is 13.9. The van der Waals surface area contributed by atoms with E-state index >= 15 is 0 Å². The molecule has 1 atom stereocenters. The Morgan fingerprint density at radius 2 is 2.00 bits per heavy atom. The lowest BCUT2D eigenvalue weighted by molar-refractivity contribution is 0.252. The molecule has 4 heteroatoms. The molecule has 0 N–H and O–H groups in total. The summed E-state index contributed by atoms with van der Waals surface area (Å²) in [7, 11) is -3.37. The fourth-order valence-corrected chi connectivity index (χ4v) is 3.36. The predicted octanol–water partition coefficient (Wildman–Crippen LogP) is 3.25. The first kappa shape index (κ1) is 14.5. The molecule has 0 radical (unpaired) electrons. The maximum absolute atomic E-state index is 11.2. The van der Waals surface area contributed by atoms with Gasteiger partial charge in [0.15, 0.2) is 0 Å². The first-order chi connectivity index (χ1) is 8.96. The van der Waals surface area contributed by atoms with Crippen LogP contribution in [0.1, 0.15) is 42.7 Å². The average molecular weight is 282 g/mol. The maximum Gasteiger partial charge on any atom is 0.264 e. The number of benzene rings is 1. The van der Waals surface area contributed by atoms with Gasteiger partial charge in [-0.2, -0.15) is 8.42 Å². The summed E-state index contributed by atoms with van der Waals surface area (Å²) in [5, 5.41) is 0. The molecule has 1 aliphatic carbocycles.